The lowest BCUT2D eigenvalue weighted by atomic mass is 10.1. The molecule has 0 bridgehead atoms. The first-order valence-electron chi connectivity index (χ1n) is 5.97. The summed E-state index contributed by atoms with van der Waals surface area (Å²) < 4.78 is 12.8. The third kappa shape index (κ3) is 3.90. The average molecular weight is 401 g/mol. The Morgan fingerprint density at radius 3 is 2.20 bits per heavy atom. The highest BCUT2D eigenvalue weighted by atomic mass is 79.9. The fraction of sp³-hybridized carbons (Fsp3) is 0.133. The van der Waals surface area contributed by atoms with Gasteiger partial charge in [-0.15, -0.1) is 0 Å². The first kappa shape index (κ1) is 15.2. The number of nitrogens with one attached hydrogen (secondary N) is 1. The van der Waals surface area contributed by atoms with E-state index in [-0.39, 0.29) is 16.6 Å². The van der Waals surface area contributed by atoms with Gasteiger partial charge in [0, 0.05) is 5.69 Å². The highest BCUT2D eigenvalue weighted by Crippen LogP contribution is 2.31. The van der Waals surface area contributed by atoms with Crippen LogP contribution in [-0.4, -0.2) is 10.7 Å². The van der Waals surface area contributed by atoms with Gasteiger partial charge in [-0.1, -0.05) is 62.2 Å². The Balaban J connectivity index is 2.03. The molecule has 0 fully saturated rings. The molecule has 0 heterocycles. The predicted molar refractivity (Wildman–Crippen MR) is 85.9 cm³/mol. The molecule has 2 aromatic rings. The maximum atomic E-state index is 12.8. The normalized spacial score (nSPS) is 13.6. The van der Waals surface area contributed by atoms with Crippen LogP contribution in [0.15, 0.2) is 54.6 Å². The first-order chi connectivity index (χ1) is 9.58. The smallest absolute Gasteiger partial charge is 0.239 e. The minimum Gasteiger partial charge on any atom is -0.325 e. The van der Waals surface area contributed by atoms with Crippen molar-refractivity contribution in [2.75, 3.05) is 5.32 Å². The Morgan fingerprint density at radius 2 is 1.60 bits per heavy atom. The van der Waals surface area contributed by atoms with Crippen molar-refractivity contribution < 1.29 is 9.18 Å². The minimum absolute atomic E-state index is 0.149. The molecule has 0 saturated heterocycles. The van der Waals surface area contributed by atoms with E-state index in [9.17, 15) is 9.18 Å². The van der Waals surface area contributed by atoms with Gasteiger partial charge in [-0.05, 0) is 29.8 Å². The Morgan fingerprint density at radius 1 is 1.00 bits per heavy atom. The topological polar surface area (TPSA) is 29.1 Å². The summed E-state index contributed by atoms with van der Waals surface area (Å²) in [7, 11) is 0. The molecule has 0 aliphatic carbocycles. The Kier molecular flexibility index (Phi) is 5.31. The summed E-state index contributed by atoms with van der Waals surface area (Å²) in [5.41, 5.74) is 1.57. The number of hydrogen-bond donors (Lipinski definition) is 1. The molecule has 20 heavy (non-hydrogen) atoms. The minimum atomic E-state index is -0.435. The molecule has 2 aromatic carbocycles. The molecule has 0 aliphatic heterocycles. The molecule has 0 spiro atoms. The van der Waals surface area contributed by atoms with Crippen LogP contribution >= 0.6 is 31.9 Å². The van der Waals surface area contributed by atoms with Crippen LogP contribution in [-0.2, 0) is 4.79 Å². The van der Waals surface area contributed by atoms with Gasteiger partial charge in [0.15, 0.2) is 0 Å². The van der Waals surface area contributed by atoms with Gasteiger partial charge in [-0.25, -0.2) is 4.39 Å². The van der Waals surface area contributed by atoms with Crippen molar-refractivity contribution in [1.82, 2.24) is 0 Å². The molecule has 1 N–H and O–H groups in total. The number of anilines is 1. The Labute approximate surface area is 133 Å². The number of rotatable bonds is 4. The van der Waals surface area contributed by atoms with E-state index in [1.54, 1.807) is 0 Å². The van der Waals surface area contributed by atoms with E-state index in [0.29, 0.717) is 5.69 Å². The van der Waals surface area contributed by atoms with E-state index in [1.165, 1.54) is 24.3 Å². The molecule has 0 unspecified atom stereocenters. The molecular weight excluding hydrogens is 389 g/mol. The van der Waals surface area contributed by atoms with Crippen LogP contribution in [0.3, 0.4) is 0 Å². The van der Waals surface area contributed by atoms with Gasteiger partial charge in [0.25, 0.3) is 0 Å². The zero-order valence-electron chi connectivity index (χ0n) is 10.4. The lowest BCUT2D eigenvalue weighted by Gasteiger charge is -2.17. The monoisotopic (exact) mass is 399 g/mol. The Hall–Kier alpha value is -1.20. The van der Waals surface area contributed by atoms with E-state index in [2.05, 4.69) is 37.2 Å². The van der Waals surface area contributed by atoms with Gasteiger partial charge >= 0.3 is 0 Å². The van der Waals surface area contributed by atoms with E-state index in [1.807, 2.05) is 30.3 Å². The van der Waals surface area contributed by atoms with E-state index in [4.69, 9.17) is 0 Å². The number of amides is 1. The molecule has 0 radical (unpaired) electrons. The lowest BCUT2D eigenvalue weighted by molar-refractivity contribution is -0.115. The molecule has 104 valence electrons. The predicted octanol–water partition coefficient (Wildman–Crippen LogP) is 4.66. The van der Waals surface area contributed by atoms with Crippen LogP contribution in [0.25, 0.3) is 0 Å². The molecule has 2 atom stereocenters. The second kappa shape index (κ2) is 6.99. The van der Waals surface area contributed by atoms with Crippen LogP contribution in [0.4, 0.5) is 10.1 Å². The van der Waals surface area contributed by atoms with Crippen molar-refractivity contribution in [3.05, 3.63) is 66.0 Å². The lowest BCUT2D eigenvalue weighted by Crippen LogP contribution is -2.26. The summed E-state index contributed by atoms with van der Waals surface area (Å²) in [5, 5.41) is 2.74. The largest absolute Gasteiger partial charge is 0.325 e. The highest BCUT2D eigenvalue weighted by molar-refractivity contribution is 9.12. The van der Waals surface area contributed by atoms with Crippen molar-refractivity contribution in [3.63, 3.8) is 0 Å². The third-order valence-electron chi connectivity index (χ3n) is 2.74. The van der Waals surface area contributed by atoms with Crippen LogP contribution in [0.1, 0.15) is 10.4 Å². The molecule has 2 nitrogen and oxygen atoms in total. The van der Waals surface area contributed by atoms with Gasteiger partial charge in [0.05, 0.1) is 4.83 Å². The summed E-state index contributed by atoms with van der Waals surface area (Å²) in [6.07, 6.45) is 0. The number of halogens is 3. The fourth-order valence-electron chi connectivity index (χ4n) is 1.68. The number of benzene rings is 2. The zero-order valence-corrected chi connectivity index (χ0v) is 13.6. The summed E-state index contributed by atoms with van der Waals surface area (Å²) >= 11 is 6.89. The molecule has 0 aliphatic rings. The van der Waals surface area contributed by atoms with Gasteiger partial charge in [0.1, 0.15) is 10.6 Å². The molecule has 0 saturated carbocycles. The number of carbonyl (C=O) groups excluding carboxylic acids is 1. The first-order valence-corrected chi connectivity index (χ1v) is 7.80. The number of carbonyl (C=O) groups is 1. The molecular formula is C15H12Br2FNO. The van der Waals surface area contributed by atoms with Crippen LogP contribution in [0.5, 0.6) is 0 Å². The molecule has 0 aromatic heterocycles. The SMILES string of the molecule is O=C(Nc1ccc(F)cc1)[C@@H](Br)[C@H](Br)c1ccccc1. The van der Waals surface area contributed by atoms with Gasteiger partial charge < -0.3 is 5.32 Å². The van der Waals surface area contributed by atoms with Crippen LogP contribution in [0, 0.1) is 5.82 Å². The third-order valence-corrected chi connectivity index (χ3v) is 5.45. The molecule has 5 heteroatoms. The number of alkyl halides is 2. The molecule has 2 rings (SSSR count). The zero-order chi connectivity index (χ0) is 14.5. The number of hydrogen-bond acceptors (Lipinski definition) is 1. The van der Waals surface area contributed by atoms with Gasteiger partial charge in [-0.3, -0.25) is 4.79 Å². The molecule has 1 amide bonds. The van der Waals surface area contributed by atoms with Crippen molar-refractivity contribution in [2.24, 2.45) is 0 Å². The van der Waals surface area contributed by atoms with Crippen molar-refractivity contribution in [1.29, 1.82) is 0 Å². The van der Waals surface area contributed by atoms with Gasteiger partial charge in [-0.2, -0.15) is 0 Å². The van der Waals surface area contributed by atoms with E-state index in [0.717, 1.165) is 5.56 Å². The van der Waals surface area contributed by atoms with Gasteiger partial charge in [0.2, 0.25) is 5.91 Å². The summed E-state index contributed by atoms with van der Waals surface area (Å²) in [6, 6.07) is 15.3. The van der Waals surface area contributed by atoms with Crippen molar-refractivity contribution in [2.45, 2.75) is 9.65 Å². The van der Waals surface area contributed by atoms with Crippen molar-refractivity contribution >= 4 is 43.5 Å². The highest BCUT2D eigenvalue weighted by Gasteiger charge is 2.24. The standard InChI is InChI=1S/C15H12Br2FNO/c16-13(10-4-2-1-3-5-10)14(17)15(20)19-12-8-6-11(18)7-9-12/h1-9,13-14H,(H,19,20)/t13-,14+/m1/s1. The maximum absolute atomic E-state index is 12.8. The average Bonchev–Trinajstić information content (AvgIpc) is 2.49. The summed E-state index contributed by atoms with van der Waals surface area (Å²) in [5.74, 6) is -0.525. The van der Waals surface area contributed by atoms with Crippen LogP contribution < -0.4 is 5.32 Å². The summed E-state index contributed by atoms with van der Waals surface area (Å²) in [6.45, 7) is 0. The van der Waals surface area contributed by atoms with E-state index < -0.39 is 4.83 Å². The second-order valence-electron chi connectivity index (χ2n) is 4.21. The quantitative estimate of drug-likeness (QED) is 0.742. The Bertz CT molecular complexity index is 574. The maximum Gasteiger partial charge on any atom is 0.239 e. The summed E-state index contributed by atoms with van der Waals surface area (Å²) in [4.78, 5) is 11.5. The fourth-order valence-corrected chi connectivity index (χ4v) is 2.65. The van der Waals surface area contributed by atoms with Crippen LogP contribution in [0.2, 0.25) is 0 Å². The second-order valence-corrected chi connectivity index (χ2v) is 6.18. The van der Waals surface area contributed by atoms with E-state index >= 15 is 0 Å². The van der Waals surface area contributed by atoms with Crippen molar-refractivity contribution in [3.8, 4) is 0 Å².